The van der Waals surface area contributed by atoms with Crippen LogP contribution in [0, 0.1) is 13.8 Å². The van der Waals surface area contributed by atoms with Crippen LogP contribution in [0.15, 0.2) is 41.3 Å². The number of carbonyl (C=O) groups excluding carboxylic acids is 1. The first-order valence-corrected chi connectivity index (χ1v) is 10.2. The van der Waals surface area contributed by atoms with Crippen molar-refractivity contribution >= 4 is 23.2 Å². The van der Waals surface area contributed by atoms with Gasteiger partial charge in [0.1, 0.15) is 0 Å². The molecule has 0 radical (unpaired) electrons. The standard InChI is InChI=1S/C22H21ClN4O3/c1-12-8-16(9-25(3)21(12)28)26-20(14-4-6-15(23)7-5-14)18-13(2)27(17-10-30-11-17)24-19(18)22(26)29/h4-9,17,20H,10-11H2,1-3H3. The molecule has 1 atom stereocenters. The molecule has 3 aromatic rings. The van der Waals surface area contributed by atoms with Crippen molar-refractivity contribution in [2.24, 2.45) is 7.05 Å². The summed E-state index contributed by atoms with van der Waals surface area (Å²) >= 11 is 6.11. The van der Waals surface area contributed by atoms with Crippen LogP contribution in [0.5, 0.6) is 0 Å². The highest BCUT2D eigenvalue weighted by Crippen LogP contribution is 2.43. The van der Waals surface area contributed by atoms with E-state index in [2.05, 4.69) is 5.10 Å². The molecule has 1 aromatic carbocycles. The molecular formula is C22H21ClN4O3. The normalized spacial score (nSPS) is 18.6. The molecule has 2 aliphatic rings. The number of benzene rings is 1. The van der Waals surface area contributed by atoms with E-state index in [0.29, 0.717) is 35.2 Å². The van der Waals surface area contributed by atoms with E-state index in [1.54, 1.807) is 31.1 Å². The fourth-order valence-electron chi connectivity index (χ4n) is 4.31. The molecule has 0 aliphatic carbocycles. The van der Waals surface area contributed by atoms with Gasteiger partial charge in [-0.05, 0) is 37.6 Å². The zero-order valence-electron chi connectivity index (χ0n) is 16.9. The predicted octanol–water partition coefficient (Wildman–Crippen LogP) is 3.17. The van der Waals surface area contributed by atoms with Gasteiger partial charge in [0.25, 0.3) is 11.5 Å². The SMILES string of the molecule is Cc1cc(N2C(=O)c3nn(C4COC4)c(C)c3C2c2ccc(Cl)cc2)cn(C)c1=O. The molecule has 1 amide bonds. The summed E-state index contributed by atoms with van der Waals surface area (Å²) in [6.07, 6.45) is 1.70. The molecule has 2 aromatic heterocycles. The second-order valence-corrected chi connectivity index (χ2v) is 8.35. The Hall–Kier alpha value is -2.90. The minimum atomic E-state index is -0.351. The Balaban J connectivity index is 1.71. The Labute approximate surface area is 178 Å². The molecule has 2 aliphatic heterocycles. The maximum Gasteiger partial charge on any atom is 0.280 e. The number of aromatic nitrogens is 3. The lowest BCUT2D eigenvalue weighted by molar-refractivity contribution is -0.0296. The average Bonchev–Trinajstić information content (AvgIpc) is 3.14. The molecule has 4 heterocycles. The smallest absolute Gasteiger partial charge is 0.280 e. The van der Waals surface area contributed by atoms with Gasteiger partial charge in [0.15, 0.2) is 5.69 Å². The molecule has 5 rings (SSSR count). The molecule has 0 spiro atoms. The van der Waals surface area contributed by atoms with E-state index in [1.165, 1.54) is 4.57 Å². The number of nitrogens with zero attached hydrogens (tertiary/aromatic N) is 4. The van der Waals surface area contributed by atoms with Crippen LogP contribution in [-0.4, -0.2) is 33.5 Å². The van der Waals surface area contributed by atoms with Crippen LogP contribution in [0.1, 0.15) is 45.0 Å². The van der Waals surface area contributed by atoms with E-state index < -0.39 is 0 Å². The van der Waals surface area contributed by atoms with Gasteiger partial charge in [0.05, 0.1) is 31.0 Å². The lowest BCUT2D eigenvalue weighted by Crippen LogP contribution is -2.35. The molecule has 0 N–H and O–H groups in total. The lowest BCUT2D eigenvalue weighted by atomic mass is 9.98. The van der Waals surface area contributed by atoms with Crippen LogP contribution >= 0.6 is 11.6 Å². The summed E-state index contributed by atoms with van der Waals surface area (Å²) in [5.41, 5.74) is 4.39. The average molecular weight is 425 g/mol. The number of amides is 1. The first-order valence-electron chi connectivity index (χ1n) is 9.80. The first kappa shape index (κ1) is 19.1. The van der Waals surface area contributed by atoms with Gasteiger partial charge in [-0.2, -0.15) is 5.10 Å². The van der Waals surface area contributed by atoms with Crippen molar-refractivity contribution in [3.8, 4) is 0 Å². The fourth-order valence-corrected chi connectivity index (χ4v) is 4.44. The number of hydrogen-bond acceptors (Lipinski definition) is 4. The van der Waals surface area contributed by atoms with Gasteiger partial charge in [-0.25, -0.2) is 0 Å². The Morgan fingerprint density at radius 1 is 1.13 bits per heavy atom. The van der Waals surface area contributed by atoms with Crippen LogP contribution in [0.4, 0.5) is 5.69 Å². The highest BCUT2D eigenvalue weighted by molar-refractivity contribution is 6.30. The molecule has 1 saturated heterocycles. The predicted molar refractivity (Wildman–Crippen MR) is 113 cm³/mol. The summed E-state index contributed by atoms with van der Waals surface area (Å²) in [6, 6.07) is 9.07. The maximum absolute atomic E-state index is 13.6. The number of aryl methyl sites for hydroxylation is 2. The molecule has 1 unspecified atom stereocenters. The van der Waals surface area contributed by atoms with Crippen LogP contribution in [0.25, 0.3) is 0 Å². The number of rotatable bonds is 3. The Bertz CT molecular complexity index is 1200. The van der Waals surface area contributed by atoms with Crippen molar-refractivity contribution < 1.29 is 9.53 Å². The molecule has 7 nitrogen and oxygen atoms in total. The molecule has 154 valence electrons. The second-order valence-electron chi connectivity index (χ2n) is 7.91. The number of anilines is 1. The maximum atomic E-state index is 13.6. The third-order valence-corrected chi connectivity index (χ3v) is 6.18. The van der Waals surface area contributed by atoms with E-state index in [9.17, 15) is 9.59 Å². The monoisotopic (exact) mass is 424 g/mol. The number of halogens is 1. The van der Waals surface area contributed by atoms with Crippen molar-refractivity contribution in [2.75, 3.05) is 18.1 Å². The Morgan fingerprint density at radius 2 is 1.83 bits per heavy atom. The highest BCUT2D eigenvalue weighted by Gasteiger charge is 2.44. The van der Waals surface area contributed by atoms with Gasteiger partial charge in [-0.15, -0.1) is 0 Å². The third kappa shape index (κ3) is 2.73. The van der Waals surface area contributed by atoms with E-state index in [4.69, 9.17) is 16.3 Å². The van der Waals surface area contributed by atoms with Crippen LogP contribution in [0.3, 0.4) is 0 Å². The first-order chi connectivity index (χ1) is 14.4. The minimum absolute atomic E-state index is 0.0856. The quantitative estimate of drug-likeness (QED) is 0.647. The summed E-state index contributed by atoms with van der Waals surface area (Å²) in [5, 5.41) is 5.31. The molecule has 30 heavy (non-hydrogen) atoms. The lowest BCUT2D eigenvalue weighted by Gasteiger charge is -2.30. The van der Waals surface area contributed by atoms with Crippen molar-refractivity contribution in [2.45, 2.75) is 25.9 Å². The largest absolute Gasteiger partial charge is 0.377 e. The number of fused-ring (bicyclic) bond motifs is 1. The van der Waals surface area contributed by atoms with Gasteiger partial charge in [-0.1, -0.05) is 23.7 Å². The van der Waals surface area contributed by atoms with E-state index in [1.807, 2.05) is 35.9 Å². The van der Waals surface area contributed by atoms with Crippen molar-refractivity contribution in [3.63, 3.8) is 0 Å². The highest BCUT2D eigenvalue weighted by atomic mass is 35.5. The molecule has 0 saturated carbocycles. The van der Waals surface area contributed by atoms with Crippen LogP contribution < -0.4 is 10.5 Å². The number of ether oxygens (including phenoxy) is 1. The Kier molecular flexibility index (Phi) is 4.34. The van der Waals surface area contributed by atoms with Crippen LogP contribution in [-0.2, 0) is 11.8 Å². The zero-order chi connectivity index (χ0) is 21.2. The van der Waals surface area contributed by atoms with Gasteiger partial charge >= 0.3 is 0 Å². The topological polar surface area (TPSA) is 69.4 Å². The molecular weight excluding hydrogens is 404 g/mol. The van der Waals surface area contributed by atoms with Crippen molar-refractivity contribution in [3.05, 3.63) is 80.0 Å². The molecule has 8 heteroatoms. The summed E-state index contributed by atoms with van der Waals surface area (Å²) in [7, 11) is 1.69. The molecule has 1 fully saturated rings. The Morgan fingerprint density at radius 3 is 2.43 bits per heavy atom. The van der Waals surface area contributed by atoms with E-state index >= 15 is 0 Å². The minimum Gasteiger partial charge on any atom is -0.377 e. The fraction of sp³-hybridized carbons (Fsp3) is 0.318. The summed E-state index contributed by atoms with van der Waals surface area (Å²) in [5.74, 6) is -0.176. The van der Waals surface area contributed by atoms with E-state index in [0.717, 1.165) is 16.8 Å². The van der Waals surface area contributed by atoms with Gasteiger partial charge in [0.2, 0.25) is 0 Å². The van der Waals surface area contributed by atoms with Gasteiger partial charge < -0.3 is 9.30 Å². The zero-order valence-corrected chi connectivity index (χ0v) is 17.7. The second kappa shape index (κ2) is 6.82. The van der Waals surface area contributed by atoms with Gasteiger partial charge in [0, 0.05) is 35.1 Å². The van der Waals surface area contributed by atoms with E-state index in [-0.39, 0.29) is 23.6 Å². The summed E-state index contributed by atoms with van der Waals surface area (Å²) < 4.78 is 8.74. The van der Waals surface area contributed by atoms with Crippen molar-refractivity contribution in [1.82, 2.24) is 14.3 Å². The van der Waals surface area contributed by atoms with Gasteiger partial charge in [-0.3, -0.25) is 19.2 Å². The number of hydrogen-bond donors (Lipinski definition) is 0. The summed E-state index contributed by atoms with van der Waals surface area (Å²) in [4.78, 5) is 27.5. The number of pyridine rings is 1. The van der Waals surface area contributed by atoms with Crippen molar-refractivity contribution in [1.29, 1.82) is 0 Å². The molecule has 0 bridgehead atoms. The number of carbonyl (C=O) groups is 1. The third-order valence-electron chi connectivity index (χ3n) is 5.93. The van der Waals surface area contributed by atoms with Crippen LogP contribution in [0.2, 0.25) is 5.02 Å². The summed E-state index contributed by atoms with van der Waals surface area (Å²) in [6.45, 7) is 4.95.